The predicted molar refractivity (Wildman–Crippen MR) is 82.4 cm³/mol. The Hall–Kier alpha value is -0.830. The smallest absolute Gasteiger partial charge is 0.0669 e. The molecule has 0 radical (unpaired) electrons. The van der Waals surface area contributed by atoms with Crippen LogP contribution in [0.15, 0.2) is 0 Å². The van der Waals surface area contributed by atoms with Gasteiger partial charge >= 0.3 is 0 Å². The quantitative estimate of drug-likeness (QED) is 0.780. The fourth-order valence-electron chi connectivity index (χ4n) is 2.46. The van der Waals surface area contributed by atoms with Crippen molar-refractivity contribution in [3.05, 3.63) is 17.0 Å². The van der Waals surface area contributed by atoms with Crippen molar-refractivity contribution in [1.29, 1.82) is 0 Å². The summed E-state index contributed by atoms with van der Waals surface area (Å²) in [5.74, 6) is 1.34. The summed E-state index contributed by atoms with van der Waals surface area (Å²) in [4.78, 5) is 0. The van der Waals surface area contributed by atoms with E-state index in [0.717, 1.165) is 32.5 Å². The average Bonchev–Trinajstić information content (AvgIpc) is 2.65. The second-order valence-electron chi connectivity index (χ2n) is 6.18. The Morgan fingerprint density at radius 1 is 1.05 bits per heavy atom. The third-order valence-corrected chi connectivity index (χ3v) is 3.31. The highest BCUT2D eigenvalue weighted by Crippen LogP contribution is 2.17. The van der Waals surface area contributed by atoms with E-state index in [2.05, 4.69) is 51.5 Å². The topological polar surface area (TPSA) is 29.9 Å². The zero-order chi connectivity index (χ0) is 14.4. The molecule has 0 atom stereocenters. The Balaban J connectivity index is 2.89. The Kier molecular flexibility index (Phi) is 6.56. The number of aryl methyl sites for hydroxylation is 1. The van der Waals surface area contributed by atoms with E-state index in [4.69, 9.17) is 5.10 Å². The van der Waals surface area contributed by atoms with E-state index in [1.807, 2.05) is 0 Å². The van der Waals surface area contributed by atoms with Crippen molar-refractivity contribution >= 4 is 0 Å². The fraction of sp³-hybridized carbons (Fsp3) is 0.812. The van der Waals surface area contributed by atoms with E-state index in [-0.39, 0.29) is 0 Å². The van der Waals surface area contributed by atoms with Crippen LogP contribution >= 0.6 is 0 Å². The molecule has 0 saturated heterocycles. The molecule has 0 aromatic carbocycles. The number of rotatable bonds is 8. The van der Waals surface area contributed by atoms with Gasteiger partial charge in [-0.05, 0) is 31.2 Å². The number of aromatic nitrogens is 2. The molecule has 0 fully saturated rings. The van der Waals surface area contributed by atoms with Gasteiger partial charge in [0, 0.05) is 24.3 Å². The van der Waals surface area contributed by atoms with Gasteiger partial charge in [-0.15, -0.1) is 0 Å². The molecule has 1 rings (SSSR count). The van der Waals surface area contributed by atoms with Gasteiger partial charge in [0.15, 0.2) is 0 Å². The lowest BCUT2D eigenvalue weighted by atomic mass is 10.1. The molecule has 19 heavy (non-hydrogen) atoms. The van der Waals surface area contributed by atoms with Gasteiger partial charge in [-0.3, -0.25) is 4.68 Å². The van der Waals surface area contributed by atoms with Crippen LogP contribution in [0.2, 0.25) is 0 Å². The Morgan fingerprint density at radius 3 is 2.21 bits per heavy atom. The molecular weight excluding hydrogens is 234 g/mol. The third kappa shape index (κ3) is 4.64. The van der Waals surface area contributed by atoms with Gasteiger partial charge in [0.05, 0.1) is 5.69 Å². The largest absolute Gasteiger partial charge is 0.312 e. The first-order chi connectivity index (χ1) is 8.99. The first-order valence-corrected chi connectivity index (χ1v) is 7.77. The highest BCUT2D eigenvalue weighted by Gasteiger charge is 2.15. The fourth-order valence-corrected chi connectivity index (χ4v) is 2.46. The molecule has 1 N–H and O–H groups in total. The zero-order valence-corrected chi connectivity index (χ0v) is 13.6. The molecule has 0 amide bonds. The van der Waals surface area contributed by atoms with Crippen LogP contribution < -0.4 is 5.32 Å². The molecule has 1 heterocycles. The predicted octanol–water partition coefficient (Wildman–Crippen LogP) is 3.41. The van der Waals surface area contributed by atoms with Gasteiger partial charge in [0.2, 0.25) is 0 Å². The van der Waals surface area contributed by atoms with Crippen molar-refractivity contribution in [2.24, 2.45) is 11.8 Å². The van der Waals surface area contributed by atoms with Crippen LogP contribution in [0, 0.1) is 11.8 Å². The van der Waals surface area contributed by atoms with Crippen LogP contribution in [0.25, 0.3) is 0 Å². The number of hydrogen-bond donors (Lipinski definition) is 1. The maximum atomic E-state index is 4.81. The second-order valence-corrected chi connectivity index (χ2v) is 6.18. The van der Waals surface area contributed by atoms with E-state index in [1.54, 1.807) is 0 Å². The van der Waals surface area contributed by atoms with E-state index < -0.39 is 0 Å². The summed E-state index contributed by atoms with van der Waals surface area (Å²) in [6.07, 6.45) is 2.09. The van der Waals surface area contributed by atoms with Crippen molar-refractivity contribution in [1.82, 2.24) is 15.1 Å². The summed E-state index contributed by atoms with van der Waals surface area (Å²) in [6.45, 7) is 16.5. The van der Waals surface area contributed by atoms with E-state index in [0.29, 0.717) is 11.8 Å². The molecule has 0 aliphatic heterocycles. The second kappa shape index (κ2) is 7.68. The molecule has 110 valence electrons. The third-order valence-electron chi connectivity index (χ3n) is 3.31. The molecule has 3 nitrogen and oxygen atoms in total. The van der Waals surface area contributed by atoms with Crippen molar-refractivity contribution < 1.29 is 0 Å². The monoisotopic (exact) mass is 265 g/mol. The average molecular weight is 265 g/mol. The standard InChI is InChI=1S/C16H31N3/c1-7-15-14(10-17-9-12(3)4)16(8-2)19(18-15)11-13(5)6/h12-13,17H,7-11H2,1-6H3. The van der Waals surface area contributed by atoms with Crippen LogP contribution in [0.4, 0.5) is 0 Å². The molecule has 0 aliphatic rings. The Labute approximate surface area is 118 Å². The lowest BCUT2D eigenvalue weighted by Gasteiger charge is -2.11. The minimum atomic E-state index is 0.645. The first kappa shape index (κ1) is 16.2. The molecule has 0 spiro atoms. The van der Waals surface area contributed by atoms with Crippen LogP contribution in [0.3, 0.4) is 0 Å². The van der Waals surface area contributed by atoms with E-state index in [9.17, 15) is 0 Å². The minimum absolute atomic E-state index is 0.645. The first-order valence-electron chi connectivity index (χ1n) is 7.77. The van der Waals surface area contributed by atoms with Gasteiger partial charge < -0.3 is 5.32 Å². The lowest BCUT2D eigenvalue weighted by Crippen LogP contribution is -2.20. The van der Waals surface area contributed by atoms with Crippen molar-refractivity contribution in [2.75, 3.05) is 6.54 Å². The number of nitrogens with one attached hydrogen (secondary N) is 1. The van der Waals surface area contributed by atoms with Gasteiger partial charge in [-0.2, -0.15) is 5.10 Å². The summed E-state index contributed by atoms with van der Waals surface area (Å²) in [5, 5.41) is 8.38. The SMILES string of the molecule is CCc1nn(CC(C)C)c(CC)c1CNCC(C)C. The summed E-state index contributed by atoms with van der Waals surface area (Å²) < 4.78 is 2.23. The van der Waals surface area contributed by atoms with Crippen molar-refractivity contribution in [3.63, 3.8) is 0 Å². The minimum Gasteiger partial charge on any atom is -0.312 e. The van der Waals surface area contributed by atoms with Crippen LogP contribution in [0.1, 0.15) is 58.5 Å². The van der Waals surface area contributed by atoms with Gasteiger partial charge in [0.25, 0.3) is 0 Å². The molecule has 1 aromatic rings. The lowest BCUT2D eigenvalue weighted by molar-refractivity contribution is 0.466. The molecular formula is C16H31N3. The highest BCUT2D eigenvalue weighted by atomic mass is 15.3. The van der Waals surface area contributed by atoms with E-state index >= 15 is 0 Å². The summed E-state index contributed by atoms with van der Waals surface area (Å²) in [6, 6.07) is 0. The van der Waals surface area contributed by atoms with Crippen LogP contribution in [-0.4, -0.2) is 16.3 Å². The van der Waals surface area contributed by atoms with Crippen molar-refractivity contribution in [3.8, 4) is 0 Å². The van der Waals surface area contributed by atoms with E-state index in [1.165, 1.54) is 17.0 Å². The number of hydrogen-bond acceptors (Lipinski definition) is 2. The Morgan fingerprint density at radius 2 is 1.74 bits per heavy atom. The highest BCUT2D eigenvalue weighted by molar-refractivity contribution is 5.26. The summed E-state index contributed by atoms with van der Waals surface area (Å²) in [7, 11) is 0. The molecule has 0 aliphatic carbocycles. The van der Waals surface area contributed by atoms with Gasteiger partial charge in [0.1, 0.15) is 0 Å². The molecule has 3 heteroatoms. The van der Waals surface area contributed by atoms with Crippen LogP contribution in [0.5, 0.6) is 0 Å². The molecule has 0 saturated carbocycles. The molecule has 0 bridgehead atoms. The normalized spacial score (nSPS) is 11.8. The molecule has 1 aromatic heterocycles. The Bertz CT molecular complexity index is 378. The van der Waals surface area contributed by atoms with Crippen LogP contribution in [-0.2, 0) is 25.9 Å². The molecule has 0 unspecified atom stereocenters. The maximum absolute atomic E-state index is 4.81. The maximum Gasteiger partial charge on any atom is 0.0669 e. The summed E-state index contributed by atoms with van der Waals surface area (Å²) >= 11 is 0. The van der Waals surface area contributed by atoms with Gasteiger partial charge in [-0.25, -0.2) is 0 Å². The van der Waals surface area contributed by atoms with Crippen molar-refractivity contribution in [2.45, 2.75) is 67.5 Å². The number of nitrogens with zero attached hydrogens (tertiary/aromatic N) is 2. The zero-order valence-electron chi connectivity index (χ0n) is 13.6. The summed E-state index contributed by atoms with van der Waals surface area (Å²) in [5.41, 5.74) is 4.13. The van der Waals surface area contributed by atoms with Gasteiger partial charge in [-0.1, -0.05) is 41.5 Å².